The van der Waals surface area contributed by atoms with Crippen molar-refractivity contribution in [2.75, 3.05) is 19.1 Å². The van der Waals surface area contributed by atoms with Crippen molar-refractivity contribution in [3.05, 3.63) is 54.4 Å². The molecule has 0 atom stereocenters. The number of benzene rings is 1. The summed E-state index contributed by atoms with van der Waals surface area (Å²) >= 11 is 0. The molecule has 0 saturated heterocycles. The summed E-state index contributed by atoms with van der Waals surface area (Å²) in [5, 5.41) is 4.14. The summed E-state index contributed by atoms with van der Waals surface area (Å²) in [6, 6.07) is 11.1. The lowest BCUT2D eigenvalue weighted by molar-refractivity contribution is -0.753. The van der Waals surface area contributed by atoms with Gasteiger partial charge in [-0.2, -0.15) is 0 Å². The number of rotatable bonds is 5. The van der Waals surface area contributed by atoms with E-state index in [0.29, 0.717) is 12.1 Å². The second-order valence-electron chi connectivity index (χ2n) is 4.70. The van der Waals surface area contributed by atoms with Gasteiger partial charge in [0.1, 0.15) is 12.6 Å². The Hall–Kier alpha value is -2.28. The molecule has 1 aromatic heterocycles. The first-order chi connectivity index (χ1) is 10.6. The Morgan fingerprint density at radius 3 is 2.48 bits per heavy atom. The molecule has 0 saturated carbocycles. The summed E-state index contributed by atoms with van der Waals surface area (Å²) in [7, 11) is 3.07. The van der Waals surface area contributed by atoms with E-state index in [4.69, 9.17) is 0 Å². The molecule has 1 aromatic carbocycles. The fourth-order valence-corrected chi connectivity index (χ4v) is 1.91. The molecule has 1 amide bonds. The van der Waals surface area contributed by atoms with Gasteiger partial charge in [-0.1, -0.05) is 22.9 Å². The van der Waals surface area contributed by atoms with Crippen molar-refractivity contribution in [1.82, 2.24) is 5.10 Å². The number of esters is 1. The molecule has 0 fully saturated rings. The molecule has 2 rings (SSSR count). The van der Waals surface area contributed by atoms with E-state index in [-0.39, 0.29) is 35.3 Å². The highest BCUT2D eigenvalue weighted by Gasteiger charge is 2.16. The third-order valence-electron chi connectivity index (χ3n) is 3.24. The Bertz CT molecular complexity index is 647. The molecule has 1 heterocycles. The second kappa shape index (κ2) is 8.99. The predicted octanol–water partition coefficient (Wildman–Crippen LogP) is -1.79. The van der Waals surface area contributed by atoms with E-state index in [1.165, 1.54) is 13.3 Å². The number of carbonyl (C=O) groups excluding carboxylic acids is 2. The Morgan fingerprint density at radius 1 is 1.22 bits per heavy atom. The van der Waals surface area contributed by atoms with E-state index in [2.05, 4.69) is 9.84 Å². The van der Waals surface area contributed by atoms with Gasteiger partial charge < -0.3 is 26.6 Å². The first-order valence-corrected chi connectivity index (χ1v) is 6.87. The molecule has 0 aliphatic carbocycles. The highest BCUT2D eigenvalue weighted by Crippen LogP contribution is 2.13. The van der Waals surface area contributed by atoms with Crippen LogP contribution in [-0.2, 0) is 16.1 Å². The van der Waals surface area contributed by atoms with Crippen molar-refractivity contribution in [2.24, 2.45) is 0 Å². The minimum absolute atomic E-state index is 0. The van der Waals surface area contributed by atoms with Gasteiger partial charge in [0.2, 0.25) is 0 Å². The van der Waals surface area contributed by atoms with Gasteiger partial charge in [0.25, 0.3) is 5.91 Å². The maximum absolute atomic E-state index is 12.4. The molecule has 0 N–H and O–H groups in total. The van der Waals surface area contributed by atoms with Gasteiger partial charge in [-0.05, 0) is 17.2 Å². The summed E-state index contributed by atoms with van der Waals surface area (Å²) in [4.78, 5) is 25.0. The van der Waals surface area contributed by atoms with Crippen LogP contribution in [0.25, 0.3) is 0 Å². The predicted molar refractivity (Wildman–Crippen MR) is 80.2 cm³/mol. The minimum Gasteiger partial charge on any atom is -1.00 e. The largest absolute Gasteiger partial charge is 1.00 e. The molecule has 122 valence electrons. The zero-order valence-corrected chi connectivity index (χ0v) is 14.6. The number of carbonyl (C=O) groups is 2. The molecule has 0 aliphatic heterocycles. The van der Waals surface area contributed by atoms with Crippen molar-refractivity contribution in [3.8, 4) is 0 Å². The summed E-state index contributed by atoms with van der Waals surface area (Å²) in [5.74, 6) is -0.433. The Kier molecular flexibility index (Phi) is 7.34. The van der Waals surface area contributed by atoms with E-state index in [1.807, 2.05) is 30.3 Å². The number of aryl methyl sites for hydroxylation is 1. The Labute approximate surface area is 145 Å². The topological polar surface area (TPSA) is 63.4 Å². The zero-order chi connectivity index (χ0) is 15.9. The SMILES string of the molecule is COC(=O)CC[n+]1ccc(C(=O)N(C)c2ccccc2)cn1.[Br-]. The molecule has 23 heavy (non-hydrogen) atoms. The van der Waals surface area contributed by atoms with Crippen LogP contribution in [0.4, 0.5) is 5.69 Å². The first kappa shape index (κ1) is 18.8. The zero-order valence-electron chi connectivity index (χ0n) is 13.0. The summed E-state index contributed by atoms with van der Waals surface area (Å²) < 4.78 is 6.17. The second-order valence-corrected chi connectivity index (χ2v) is 4.70. The minimum atomic E-state index is -0.293. The van der Waals surface area contributed by atoms with Crippen molar-refractivity contribution in [3.63, 3.8) is 0 Å². The number of hydrogen-bond acceptors (Lipinski definition) is 4. The number of anilines is 1. The lowest BCUT2D eigenvalue weighted by atomic mass is 10.2. The van der Waals surface area contributed by atoms with E-state index in [9.17, 15) is 9.59 Å². The van der Waals surface area contributed by atoms with Gasteiger partial charge in [0.05, 0.1) is 12.7 Å². The van der Waals surface area contributed by atoms with Crippen molar-refractivity contribution in [1.29, 1.82) is 0 Å². The number of nitrogens with zero attached hydrogens (tertiary/aromatic N) is 3. The normalized spacial score (nSPS) is 9.65. The van der Waals surface area contributed by atoms with Crippen LogP contribution in [0.5, 0.6) is 0 Å². The average molecular weight is 380 g/mol. The maximum atomic E-state index is 12.4. The smallest absolute Gasteiger partial charge is 0.312 e. The number of aromatic nitrogens is 2. The van der Waals surface area contributed by atoms with Crippen LogP contribution >= 0.6 is 0 Å². The summed E-state index contributed by atoms with van der Waals surface area (Å²) in [6.07, 6.45) is 3.42. The van der Waals surface area contributed by atoms with Crippen LogP contribution in [0.15, 0.2) is 48.8 Å². The van der Waals surface area contributed by atoms with E-state index >= 15 is 0 Å². The number of para-hydroxylation sites is 1. The van der Waals surface area contributed by atoms with Crippen molar-refractivity contribution < 1.29 is 36.0 Å². The molecule has 0 bridgehead atoms. The van der Waals surface area contributed by atoms with E-state index in [0.717, 1.165) is 5.69 Å². The lowest BCUT2D eigenvalue weighted by Gasteiger charge is -2.16. The van der Waals surface area contributed by atoms with Gasteiger partial charge in [-0.25, -0.2) is 0 Å². The fraction of sp³-hybridized carbons (Fsp3) is 0.250. The molecule has 0 unspecified atom stereocenters. The molecular formula is C16H18BrN3O3. The number of ether oxygens (including phenoxy) is 1. The van der Waals surface area contributed by atoms with Crippen LogP contribution in [0.1, 0.15) is 16.8 Å². The Morgan fingerprint density at radius 2 is 1.91 bits per heavy atom. The standard InChI is InChI=1S/C16H18N3O3.BrH/c1-18(14-6-4-3-5-7-14)16(21)13-8-10-19(17-12-13)11-9-15(20)22-2;/h3-8,10,12H,9,11H2,1-2H3;1H/q+1;/p-1. The van der Waals surface area contributed by atoms with Gasteiger partial charge in [-0.3, -0.25) is 9.59 Å². The van der Waals surface area contributed by atoms with Crippen LogP contribution in [0, 0.1) is 0 Å². The van der Waals surface area contributed by atoms with Crippen LogP contribution in [-0.4, -0.2) is 31.1 Å². The van der Waals surface area contributed by atoms with Crippen molar-refractivity contribution >= 4 is 17.6 Å². The van der Waals surface area contributed by atoms with Crippen LogP contribution in [0.2, 0.25) is 0 Å². The molecule has 0 spiro atoms. The van der Waals surface area contributed by atoms with Gasteiger partial charge >= 0.3 is 5.97 Å². The molecule has 0 aliphatic rings. The average Bonchev–Trinajstić information content (AvgIpc) is 2.59. The molecule has 7 heteroatoms. The molecular weight excluding hydrogens is 362 g/mol. The highest BCUT2D eigenvalue weighted by molar-refractivity contribution is 6.05. The van der Waals surface area contributed by atoms with Crippen molar-refractivity contribution in [2.45, 2.75) is 13.0 Å². The monoisotopic (exact) mass is 379 g/mol. The maximum Gasteiger partial charge on any atom is 0.312 e. The van der Waals surface area contributed by atoms with E-state index in [1.54, 1.807) is 28.9 Å². The lowest BCUT2D eigenvalue weighted by Crippen LogP contribution is -3.00. The molecule has 2 aromatic rings. The highest BCUT2D eigenvalue weighted by atomic mass is 79.9. The molecule has 0 radical (unpaired) electrons. The van der Waals surface area contributed by atoms with E-state index < -0.39 is 0 Å². The quantitative estimate of drug-likeness (QED) is 0.454. The summed E-state index contributed by atoms with van der Waals surface area (Å²) in [6.45, 7) is 0.412. The Balaban J connectivity index is 0.00000264. The summed E-state index contributed by atoms with van der Waals surface area (Å²) in [5.41, 5.74) is 1.30. The number of halogens is 1. The van der Waals surface area contributed by atoms with Gasteiger partial charge in [0, 0.05) is 18.8 Å². The van der Waals surface area contributed by atoms with Crippen LogP contribution in [0.3, 0.4) is 0 Å². The number of amides is 1. The van der Waals surface area contributed by atoms with Gasteiger partial charge in [-0.15, -0.1) is 0 Å². The molecule has 6 nitrogen and oxygen atoms in total. The fourth-order valence-electron chi connectivity index (χ4n) is 1.91. The third-order valence-corrected chi connectivity index (χ3v) is 3.24. The van der Waals surface area contributed by atoms with Crippen LogP contribution < -0.4 is 26.6 Å². The third kappa shape index (κ3) is 5.14. The number of methoxy groups -OCH3 is 1. The first-order valence-electron chi connectivity index (χ1n) is 6.87. The van der Waals surface area contributed by atoms with Gasteiger partial charge in [0.15, 0.2) is 12.7 Å². The number of hydrogen-bond donors (Lipinski definition) is 0.